The number of hydrogen-bond acceptors (Lipinski definition) is 5. The number of halogens is 3. The molecule has 1 aromatic rings. The number of piperazine rings is 1. The predicted molar refractivity (Wildman–Crippen MR) is 87.8 cm³/mol. The lowest BCUT2D eigenvalue weighted by Gasteiger charge is -2.30. The summed E-state index contributed by atoms with van der Waals surface area (Å²) >= 11 is 0. The van der Waals surface area contributed by atoms with Crippen LogP contribution in [0.3, 0.4) is 0 Å². The number of nitrogen functional groups attached to an aromatic ring is 1. The first-order valence-corrected chi connectivity index (χ1v) is 7.58. The highest BCUT2D eigenvalue weighted by molar-refractivity contribution is 5.59. The van der Waals surface area contributed by atoms with E-state index in [4.69, 9.17) is 5.73 Å². The smallest absolute Gasteiger partial charge is 0.418 e. The Morgan fingerprint density at radius 1 is 1.21 bits per heavy atom. The molecule has 1 aromatic carbocycles. The fourth-order valence-corrected chi connectivity index (χ4v) is 2.05. The molecular formula is C16H24F3N3O2. The normalized spacial score (nSPS) is 15.3. The highest BCUT2D eigenvalue weighted by Gasteiger charge is 2.33. The van der Waals surface area contributed by atoms with Crippen LogP contribution in [-0.2, 0) is 15.7 Å². The second-order valence-electron chi connectivity index (χ2n) is 6.33. The van der Waals surface area contributed by atoms with E-state index in [1.807, 2.05) is 25.7 Å². The van der Waals surface area contributed by atoms with Crippen LogP contribution in [0.1, 0.15) is 26.3 Å². The lowest BCUT2D eigenvalue weighted by Crippen LogP contribution is -2.43. The largest absolute Gasteiger partial charge is 0.462 e. The van der Waals surface area contributed by atoms with E-state index < -0.39 is 11.7 Å². The van der Waals surface area contributed by atoms with Gasteiger partial charge in [0.15, 0.2) is 0 Å². The minimum Gasteiger partial charge on any atom is -0.462 e. The molecule has 1 saturated heterocycles. The number of carbonyl (C=O) groups excluding carboxylic acids is 1. The van der Waals surface area contributed by atoms with Gasteiger partial charge in [0.05, 0.1) is 5.56 Å². The van der Waals surface area contributed by atoms with Gasteiger partial charge in [0.25, 0.3) is 6.47 Å². The fourth-order valence-electron chi connectivity index (χ4n) is 2.05. The molecule has 136 valence electrons. The molecule has 1 aliphatic rings. The SMILES string of the molecule is CC(C)(C)OC=O.Nc1ccc(N2CCNCC2)cc1C(F)(F)F. The molecule has 0 aliphatic carbocycles. The fraction of sp³-hybridized carbons (Fsp3) is 0.562. The average molecular weight is 347 g/mol. The van der Waals surface area contributed by atoms with Crippen molar-refractivity contribution in [3.05, 3.63) is 23.8 Å². The Kier molecular flexibility index (Phi) is 6.89. The van der Waals surface area contributed by atoms with Gasteiger partial charge in [-0.15, -0.1) is 0 Å². The summed E-state index contributed by atoms with van der Waals surface area (Å²) < 4.78 is 42.6. The second-order valence-corrected chi connectivity index (χ2v) is 6.33. The van der Waals surface area contributed by atoms with Crippen LogP contribution in [0.25, 0.3) is 0 Å². The molecule has 1 heterocycles. The van der Waals surface area contributed by atoms with Gasteiger partial charge in [-0.05, 0) is 39.0 Å². The lowest BCUT2D eigenvalue weighted by molar-refractivity contribution is -0.139. The number of carbonyl (C=O) groups is 1. The second kappa shape index (κ2) is 8.23. The third kappa shape index (κ3) is 6.66. The Labute approximate surface area is 140 Å². The van der Waals surface area contributed by atoms with Crippen molar-refractivity contribution in [2.45, 2.75) is 32.5 Å². The summed E-state index contributed by atoms with van der Waals surface area (Å²) in [5, 5.41) is 3.15. The summed E-state index contributed by atoms with van der Waals surface area (Å²) in [6.45, 7) is 8.91. The van der Waals surface area contributed by atoms with Crippen molar-refractivity contribution in [2.24, 2.45) is 0 Å². The summed E-state index contributed by atoms with van der Waals surface area (Å²) in [4.78, 5) is 11.5. The van der Waals surface area contributed by atoms with Crippen molar-refractivity contribution in [1.29, 1.82) is 0 Å². The number of nitrogens with zero attached hydrogens (tertiary/aromatic N) is 1. The molecule has 0 unspecified atom stereocenters. The zero-order valence-electron chi connectivity index (χ0n) is 14.1. The molecule has 0 bridgehead atoms. The first-order valence-electron chi connectivity index (χ1n) is 7.58. The number of nitrogens with two attached hydrogens (primary N) is 1. The molecule has 5 nitrogen and oxygen atoms in total. The highest BCUT2D eigenvalue weighted by atomic mass is 19.4. The maximum atomic E-state index is 12.7. The average Bonchev–Trinajstić information content (AvgIpc) is 2.47. The van der Waals surface area contributed by atoms with Crippen molar-refractivity contribution >= 4 is 17.8 Å². The van der Waals surface area contributed by atoms with Gasteiger partial charge in [-0.2, -0.15) is 13.2 Å². The van der Waals surface area contributed by atoms with E-state index in [1.54, 1.807) is 6.07 Å². The number of alkyl halides is 3. The summed E-state index contributed by atoms with van der Waals surface area (Å²) in [5.74, 6) is 0. The molecule has 2 rings (SSSR count). The number of rotatable bonds is 2. The summed E-state index contributed by atoms with van der Waals surface area (Å²) in [5.41, 5.74) is 4.63. The topological polar surface area (TPSA) is 67.6 Å². The molecule has 3 N–H and O–H groups in total. The third-order valence-corrected chi connectivity index (χ3v) is 3.23. The van der Waals surface area contributed by atoms with E-state index in [2.05, 4.69) is 10.1 Å². The van der Waals surface area contributed by atoms with Crippen LogP contribution < -0.4 is 16.0 Å². The molecule has 24 heavy (non-hydrogen) atoms. The number of nitrogens with one attached hydrogen (secondary N) is 1. The quantitative estimate of drug-likeness (QED) is 0.636. The van der Waals surface area contributed by atoms with Crippen LogP contribution in [0.2, 0.25) is 0 Å². The third-order valence-electron chi connectivity index (χ3n) is 3.23. The molecular weight excluding hydrogens is 323 g/mol. The van der Waals surface area contributed by atoms with Gasteiger partial charge < -0.3 is 20.7 Å². The maximum Gasteiger partial charge on any atom is 0.418 e. The molecule has 0 saturated carbocycles. The van der Waals surface area contributed by atoms with Crippen LogP contribution in [-0.4, -0.2) is 38.3 Å². The van der Waals surface area contributed by atoms with Gasteiger partial charge in [-0.3, -0.25) is 4.79 Å². The molecule has 0 aromatic heterocycles. The number of ether oxygens (including phenoxy) is 1. The van der Waals surface area contributed by atoms with E-state index >= 15 is 0 Å². The molecule has 0 amide bonds. The van der Waals surface area contributed by atoms with Crippen LogP contribution >= 0.6 is 0 Å². The van der Waals surface area contributed by atoms with Crippen LogP contribution in [0.15, 0.2) is 18.2 Å². The van der Waals surface area contributed by atoms with Crippen LogP contribution in [0, 0.1) is 0 Å². The van der Waals surface area contributed by atoms with Gasteiger partial charge in [-0.25, -0.2) is 0 Å². The Morgan fingerprint density at radius 2 is 1.79 bits per heavy atom. The first-order chi connectivity index (χ1) is 11.0. The van der Waals surface area contributed by atoms with E-state index in [-0.39, 0.29) is 11.3 Å². The van der Waals surface area contributed by atoms with Gasteiger partial charge in [-0.1, -0.05) is 0 Å². The Morgan fingerprint density at radius 3 is 2.21 bits per heavy atom. The Hall–Kier alpha value is -1.96. The minimum absolute atomic E-state index is 0.226. The Balaban J connectivity index is 0.000000351. The molecule has 0 atom stereocenters. The summed E-state index contributed by atoms with van der Waals surface area (Å²) in [7, 11) is 0. The summed E-state index contributed by atoms with van der Waals surface area (Å²) in [6, 6.07) is 4.08. The van der Waals surface area contributed by atoms with Gasteiger partial charge in [0, 0.05) is 37.6 Å². The number of hydrogen-bond donors (Lipinski definition) is 2. The first kappa shape index (κ1) is 20.1. The maximum absolute atomic E-state index is 12.7. The summed E-state index contributed by atoms with van der Waals surface area (Å²) in [6.07, 6.45) is -4.39. The zero-order valence-corrected chi connectivity index (χ0v) is 14.1. The number of benzene rings is 1. The molecule has 1 aliphatic heterocycles. The van der Waals surface area contributed by atoms with E-state index in [9.17, 15) is 18.0 Å². The van der Waals surface area contributed by atoms with Gasteiger partial charge in [0.2, 0.25) is 0 Å². The van der Waals surface area contributed by atoms with Crippen molar-refractivity contribution in [3.63, 3.8) is 0 Å². The van der Waals surface area contributed by atoms with Crippen molar-refractivity contribution < 1.29 is 22.7 Å². The highest BCUT2D eigenvalue weighted by Crippen LogP contribution is 2.35. The van der Waals surface area contributed by atoms with E-state index in [0.717, 1.165) is 19.2 Å². The standard InChI is InChI=1S/C11H14F3N3.C5H10O2/c12-11(13,14)9-7-8(1-2-10(9)15)17-5-3-16-4-6-17;1-5(2,3)7-4-6/h1-2,7,16H,3-6,15H2;4H,1-3H3. The lowest BCUT2D eigenvalue weighted by atomic mass is 10.1. The molecule has 0 spiro atoms. The predicted octanol–water partition coefficient (Wildman–Crippen LogP) is 2.66. The molecule has 0 radical (unpaired) electrons. The monoisotopic (exact) mass is 347 g/mol. The molecule has 8 heteroatoms. The van der Waals surface area contributed by atoms with E-state index in [0.29, 0.717) is 25.2 Å². The van der Waals surface area contributed by atoms with Gasteiger partial charge in [0.1, 0.15) is 5.60 Å². The van der Waals surface area contributed by atoms with Gasteiger partial charge >= 0.3 is 6.18 Å². The van der Waals surface area contributed by atoms with Crippen LogP contribution in [0.4, 0.5) is 24.5 Å². The number of anilines is 2. The van der Waals surface area contributed by atoms with Crippen molar-refractivity contribution in [3.8, 4) is 0 Å². The van der Waals surface area contributed by atoms with Crippen molar-refractivity contribution in [2.75, 3.05) is 36.8 Å². The minimum atomic E-state index is -4.39. The zero-order chi connectivity index (χ0) is 18.4. The van der Waals surface area contributed by atoms with Crippen LogP contribution in [0.5, 0.6) is 0 Å². The van der Waals surface area contributed by atoms with Crippen molar-refractivity contribution in [1.82, 2.24) is 5.32 Å². The Bertz CT molecular complexity index is 536. The molecule has 1 fully saturated rings. The van der Waals surface area contributed by atoms with E-state index in [1.165, 1.54) is 6.07 Å².